The first kappa shape index (κ1) is 8.30. The average molecular weight is 175 g/mol. The molecular formula is C11H13NO. The summed E-state index contributed by atoms with van der Waals surface area (Å²) in [6.45, 7) is 3.96. The van der Waals surface area contributed by atoms with Crippen LogP contribution in [0.25, 0.3) is 0 Å². The van der Waals surface area contributed by atoms with Gasteiger partial charge in [0, 0.05) is 16.7 Å². The molecule has 2 N–H and O–H groups in total. The van der Waals surface area contributed by atoms with Crippen molar-refractivity contribution in [3.63, 3.8) is 0 Å². The van der Waals surface area contributed by atoms with Crippen molar-refractivity contribution in [1.29, 1.82) is 0 Å². The maximum Gasteiger partial charge on any atom is 0.169 e. The van der Waals surface area contributed by atoms with Crippen LogP contribution < -0.4 is 5.73 Å². The number of Topliss-reactive ketones (excluding diaryl/α,β-unsaturated/α-hetero) is 1. The van der Waals surface area contributed by atoms with E-state index in [4.69, 9.17) is 5.73 Å². The van der Waals surface area contributed by atoms with Gasteiger partial charge < -0.3 is 5.73 Å². The number of rotatable bonds is 0. The van der Waals surface area contributed by atoms with Gasteiger partial charge in [0.15, 0.2) is 5.78 Å². The van der Waals surface area contributed by atoms with Gasteiger partial charge in [-0.3, -0.25) is 4.79 Å². The third-order valence-corrected chi connectivity index (χ3v) is 2.63. The van der Waals surface area contributed by atoms with Gasteiger partial charge in [0.25, 0.3) is 0 Å². The number of hydrogen-bond donors (Lipinski definition) is 1. The number of ketones is 1. The quantitative estimate of drug-likeness (QED) is 0.613. The van der Waals surface area contributed by atoms with E-state index in [0.29, 0.717) is 5.69 Å². The van der Waals surface area contributed by atoms with Crippen LogP contribution in [0.2, 0.25) is 0 Å². The first-order valence-electron chi connectivity index (χ1n) is 4.44. The molecule has 0 unspecified atom stereocenters. The summed E-state index contributed by atoms with van der Waals surface area (Å²) in [6.07, 6.45) is 0.835. The molecule has 0 saturated carbocycles. The van der Waals surface area contributed by atoms with Crippen LogP contribution in [0.15, 0.2) is 18.2 Å². The summed E-state index contributed by atoms with van der Waals surface area (Å²) in [5, 5.41) is 0. The monoisotopic (exact) mass is 175 g/mol. The van der Waals surface area contributed by atoms with Crippen LogP contribution in [0.3, 0.4) is 0 Å². The van der Waals surface area contributed by atoms with E-state index >= 15 is 0 Å². The number of benzene rings is 1. The summed E-state index contributed by atoms with van der Waals surface area (Å²) < 4.78 is 0. The van der Waals surface area contributed by atoms with E-state index in [0.717, 1.165) is 17.5 Å². The van der Waals surface area contributed by atoms with Crippen molar-refractivity contribution in [3.8, 4) is 0 Å². The highest BCUT2D eigenvalue weighted by Gasteiger charge is 2.37. The van der Waals surface area contributed by atoms with E-state index in [-0.39, 0.29) is 11.2 Å². The van der Waals surface area contributed by atoms with E-state index < -0.39 is 0 Å². The van der Waals surface area contributed by atoms with E-state index in [1.807, 2.05) is 26.0 Å². The molecule has 0 spiro atoms. The Kier molecular flexibility index (Phi) is 1.50. The second kappa shape index (κ2) is 2.34. The van der Waals surface area contributed by atoms with E-state index in [1.54, 1.807) is 6.07 Å². The second-order valence-corrected chi connectivity index (χ2v) is 4.31. The van der Waals surface area contributed by atoms with Crippen molar-refractivity contribution >= 4 is 11.5 Å². The van der Waals surface area contributed by atoms with E-state index in [1.165, 1.54) is 0 Å². The predicted molar refractivity (Wildman–Crippen MR) is 52.7 cm³/mol. The van der Waals surface area contributed by atoms with Gasteiger partial charge in [-0.25, -0.2) is 0 Å². The molecule has 1 aliphatic carbocycles. The minimum atomic E-state index is -0.240. The predicted octanol–water partition coefficient (Wildman–Crippen LogP) is 2.03. The van der Waals surface area contributed by atoms with Crippen molar-refractivity contribution < 1.29 is 4.79 Å². The molecule has 0 fully saturated rings. The molecule has 13 heavy (non-hydrogen) atoms. The lowest BCUT2D eigenvalue weighted by Gasteiger charge is -2.12. The molecule has 1 aromatic carbocycles. The molecule has 0 radical (unpaired) electrons. The largest absolute Gasteiger partial charge is 0.399 e. The summed E-state index contributed by atoms with van der Waals surface area (Å²) in [4.78, 5) is 11.8. The zero-order valence-electron chi connectivity index (χ0n) is 7.92. The molecule has 2 nitrogen and oxygen atoms in total. The zero-order valence-corrected chi connectivity index (χ0v) is 7.92. The molecule has 0 atom stereocenters. The topological polar surface area (TPSA) is 43.1 Å². The summed E-state index contributed by atoms with van der Waals surface area (Å²) in [7, 11) is 0. The van der Waals surface area contributed by atoms with Crippen molar-refractivity contribution in [2.45, 2.75) is 20.3 Å². The molecule has 0 amide bonds. The maximum atomic E-state index is 11.8. The molecule has 68 valence electrons. The first-order chi connectivity index (χ1) is 6.00. The lowest BCUT2D eigenvalue weighted by Crippen LogP contribution is -2.18. The van der Waals surface area contributed by atoms with E-state index in [9.17, 15) is 4.79 Å². The van der Waals surface area contributed by atoms with Gasteiger partial charge in [-0.1, -0.05) is 19.9 Å². The number of hydrogen-bond acceptors (Lipinski definition) is 2. The molecule has 2 heteroatoms. The molecule has 0 heterocycles. The Hall–Kier alpha value is -1.31. The summed E-state index contributed by atoms with van der Waals surface area (Å²) >= 11 is 0. The Morgan fingerprint density at radius 3 is 2.77 bits per heavy atom. The van der Waals surface area contributed by atoms with Gasteiger partial charge in [-0.05, 0) is 24.1 Å². The fraction of sp³-hybridized carbons (Fsp3) is 0.364. The number of nitrogens with two attached hydrogens (primary N) is 1. The SMILES string of the molecule is CC1(C)Cc2ccc(N)cc2C1=O. The molecule has 0 saturated heterocycles. The molecule has 0 aliphatic heterocycles. The minimum Gasteiger partial charge on any atom is -0.399 e. The smallest absolute Gasteiger partial charge is 0.169 e. The van der Waals surface area contributed by atoms with Gasteiger partial charge in [0.2, 0.25) is 0 Å². The Morgan fingerprint density at radius 1 is 1.38 bits per heavy atom. The summed E-state index contributed by atoms with van der Waals surface area (Å²) in [6, 6.07) is 5.59. The highest BCUT2D eigenvalue weighted by atomic mass is 16.1. The number of anilines is 1. The van der Waals surface area contributed by atoms with E-state index in [2.05, 4.69) is 0 Å². The Labute approximate surface area is 77.8 Å². The van der Waals surface area contributed by atoms with Crippen LogP contribution in [0, 0.1) is 5.41 Å². The lowest BCUT2D eigenvalue weighted by atomic mass is 9.89. The van der Waals surface area contributed by atoms with Crippen molar-refractivity contribution in [2.75, 3.05) is 5.73 Å². The van der Waals surface area contributed by atoms with Crippen LogP contribution >= 0.6 is 0 Å². The van der Waals surface area contributed by atoms with Gasteiger partial charge in [0.05, 0.1) is 0 Å². The van der Waals surface area contributed by atoms with Crippen LogP contribution in [-0.4, -0.2) is 5.78 Å². The van der Waals surface area contributed by atoms with Gasteiger partial charge in [-0.2, -0.15) is 0 Å². The molecule has 0 aromatic heterocycles. The zero-order chi connectivity index (χ0) is 9.64. The third kappa shape index (κ3) is 1.13. The second-order valence-electron chi connectivity index (χ2n) is 4.31. The fourth-order valence-corrected chi connectivity index (χ4v) is 1.88. The lowest BCUT2D eigenvalue weighted by molar-refractivity contribution is 0.0863. The van der Waals surface area contributed by atoms with Crippen LogP contribution in [0.5, 0.6) is 0 Å². The number of nitrogen functional groups attached to an aromatic ring is 1. The summed E-state index contributed by atoms with van der Waals surface area (Å²) in [5.74, 6) is 0.217. The summed E-state index contributed by atoms with van der Waals surface area (Å²) in [5.41, 5.74) is 8.00. The number of fused-ring (bicyclic) bond motifs is 1. The van der Waals surface area contributed by atoms with Crippen LogP contribution in [-0.2, 0) is 6.42 Å². The van der Waals surface area contributed by atoms with Crippen LogP contribution in [0.1, 0.15) is 29.8 Å². The molecular weight excluding hydrogens is 162 g/mol. The van der Waals surface area contributed by atoms with Crippen molar-refractivity contribution in [2.24, 2.45) is 5.41 Å². The first-order valence-corrected chi connectivity index (χ1v) is 4.44. The minimum absolute atomic E-state index is 0.217. The Bertz CT molecular complexity index is 380. The molecule has 1 aliphatic rings. The van der Waals surface area contributed by atoms with Crippen LogP contribution in [0.4, 0.5) is 5.69 Å². The highest BCUT2D eigenvalue weighted by molar-refractivity contribution is 6.05. The van der Waals surface area contributed by atoms with Gasteiger partial charge >= 0.3 is 0 Å². The highest BCUT2D eigenvalue weighted by Crippen LogP contribution is 2.36. The maximum absolute atomic E-state index is 11.8. The standard InChI is InChI=1S/C11H13NO/c1-11(2)6-7-3-4-8(12)5-9(7)10(11)13/h3-5H,6,12H2,1-2H3. The number of carbonyl (C=O) groups excluding carboxylic acids is 1. The van der Waals surface area contributed by atoms with Crippen molar-refractivity contribution in [1.82, 2.24) is 0 Å². The van der Waals surface area contributed by atoms with Gasteiger partial charge in [0.1, 0.15) is 0 Å². The number of carbonyl (C=O) groups is 1. The molecule has 2 rings (SSSR count). The molecule has 1 aromatic rings. The Balaban J connectivity index is 2.57. The van der Waals surface area contributed by atoms with Gasteiger partial charge in [-0.15, -0.1) is 0 Å². The molecule has 0 bridgehead atoms. The fourth-order valence-electron chi connectivity index (χ4n) is 1.88. The Morgan fingerprint density at radius 2 is 2.08 bits per heavy atom. The van der Waals surface area contributed by atoms with Crippen molar-refractivity contribution in [3.05, 3.63) is 29.3 Å². The average Bonchev–Trinajstić information content (AvgIpc) is 2.26. The normalized spacial score (nSPS) is 18.8. The third-order valence-electron chi connectivity index (χ3n) is 2.63.